The van der Waals surface area contributed by atoms with Gasteiger partial charge in [0.1, 0.15) is 6.54 Å². The maximum absolute atomic E-state index is 10.7. The minimum Gasteiger partial charge on any atom is -0.476 e. The van der Waals surface area contributed by atoms with Crippen LogP contribution in [-0.2, 0) is 16.1 Å². The number of methoxy groups -OCH3 is 1. The fraction of sp³-hybridized carbons (Fsp3) is 0.286. The predicted octanol–water partition coefficient (Wildman–Crippen LogP) is -0.246. The number of carbonyl (C=O) groups excluding carboxylic acids is 1. The highest BCUT2D eigenvalue weighted by Gasteiger charge is 2.08. The van der Waals surface area contributed by atoms with Crippen LogP contribution < -0.4 is 0 Å². The maximum Gasteiger partial charge on any atom is 0.356 e. The number of rotatable bonds is 3. The van der Waals surface area contributed by atoms with Crippen LogP contribution in [0.5, 0.6) is 0 Å². The fourth-order valence-electron chi connectivity index (χ4n) is 0.761. The number of esters is 1. The van der Waals surface area contributed by atoms with Crippen molar-refractivity contribution in [2.45, 2.75) is 6.54 Å². The molecule has 0 fully saturated rings. The Labute approximate surface area is 73.7 Å². The van der Waals surface area contributed by atoms with E-state index in [4.69, 9.17) is 5.11 Å². The number of hydrogen-bond acceptors (Lipinski definition) is 4. The lowest BCUT2D eigenvalue weighted by molar-refractivity contribution is -0.141. The number of aromatic nitrogens is 2. The predicted molar refractivity (Wildman–Crippen MR) is 41.2 cm³/mol. The molecule has 13 heavy (non-hydrogen) atoms. The van der Waals surface area contributed by atoms with Crippen molar-refractivity contribution < 1.29 is 19.4 Å². The molecule has 1 aromatic rings. The Morgan fingerprint density at radius 1 is 1.69 bits per heavy atom. The summed E-state index contributed by atoms with van der Waals surface area (Å²) in [5, 5.41) is 12.1. The molecule has 0 amide bonds. The van der Waals surface area contributed by atoms with Crippen molar-refractivity contribution in [3.05, 3.63) is 18.0 Å². The first-order valence-corrected chi connectivity index (χ1v) is 3.47. The van der Waals surface area contributed by atoms with Crippen LogP contribution in [0.4, 0.5) is 0 Å². The van der Waals surface area contributed by atoms with E-state index in [1.54, 1.807) is 0 Å². The van der Waals surface area contributed by atoms with E-state index >= 15 is 0 Å². The molecule has 1 rings (SSSR count). The first kappa shape index (κ1) is 9.24. The second-order valence-electron chi connectivity index (χ2n) is 2.28. The third-order valence-electron chi connectivity index (χ3n) is 1.38. The van der Waals surface area contributed by atoms with E-state index in [-0.39, 0.29) is 12.2 Å². The first-order chi connectivity index (χ1) is 6.13. The molecule has 0 aliphatic heterocycles. The fourth-order valence-corrected chi connectivity index (χ4v) is 0.761. The highest BCUT2D eigenvalue weighted by atomic mass is 16.5. The van der Waals surface area contributed by atoms with Gasteiger partial charge in [-0.15, -0.1) is 0 Å². The Kier molecular flexibility index (Phi) is 2.63. The third kappa shape index (κ3) is 2.29. The largest absolute Gasteiger partial charge is 0.476 e. The van der Waals surface area contributed by atoms with E-state index in [2.05, 4.69) is 9.84 Å². The van der Waals surface area contributed by atoms with Crippen molar-refractivity contribution >= 4 is 11.9 Å². The second kappa shape index (κ2) is 3.70. The van der Waals surface area contributed by atoms with Gasteiger partial charge in [0.15, 0.2) is 5.69 Å². The highest BCUT2D eigenvalue weighted by molar-refractivity contribution is 5.85. The van der Waals surface area contributed by atoms with Gasteiger partial charge in [0.25, 0.3) is 0 Å². The standard InChI is InChI=1S/C7H8N2O4/c1-13-6(10)4-9-3-2-5(8-9)7(11)12/h2-3H,4H2,1H3,(H,11,12). The van der Waals surface area contributed by atoms with Crippen molar-refractivity contribution in [2.24, 2.45) is 0 Å². The molecule has 0 atom stereocenters. The molecule has 0 aliphatic carbocycles. The van der Waals surface area contributed by atoms with Gasteiger partial charge in [-0.2, -0.15) is 5.10 Å². The summed E-state index contributed by atoms with van der Waals surface area (Å²) in [7, 11) is 1.25. The lowest BCUT2D eigenvalue weighted by atomic mass is 10.5. The molecule has 0 aromatic carbocycles. The van der Waals surface area contributed by atoms with Crippen molar-refractivity contribution in [1.29, 1.82) is 0 Å². The van der Waals surface area contributed by atoms with Crippen LogP contribution in [0.25, 0.3) is 0 Å². The molecule has 0 bridgehead atoms. The average Bonchev–Trinajstić information content (AvgIpc) is 2.52. The zero-order valence-electron chi connectivity index (χ0n) is 6.93. The summed E-state index contributed by atoms with van der Waals surface area (Å²) in [4.78, 5) is 21.1. The minimum absolute atomic E-state index is 0.0796. The third-order valence-corrected chi connectivity index (χ3v) is 1.38. The Hall–Kier alpha value is -1.85. The van der Waals surface area contributed by atoms with Gasteiger partial charge >= 0.3 is 11.9 Å². The van der Waals surface area contributed by atoms with E-state index in [9.17, 15) is 9.59 Å². The van der Waals surface area contributed by atoms with Crippen molar-refractivity contribution in [1.82, 2.24) is 9.78 Å². The zero-order chi connectivity index (χ0) is 9.84. The van der Waals surface area contributed by atoms with Crippen LogP contribution >= 0.6 is 0 Å². The van der Waals surface area contributed by atoms with Crippen molar-refractivity contribution in [3.63, 3.8) is 0 Å². The molecule has 1 heterocycles. The smallest absolute Gasteiger partial charge is 0.356 e. The maximum atomic E-state index is 10.7. The Morgan fingerprint density at radius 3 is 2.85 bits per heavy atom. The van der Waals surface area contributed by atoms with E-state index in [0.29, 0.717) is 0 Å². The van der Waals surface area contributed by atoms with Gasteiger partial charge in [0, 0.05) is 6.20 Å². The summed E-state index contributed by atoms with van der Waals surface area (Å²) < 4.78 is 5.58. The zero-order valence-corrected chi connectivity index (χ0v) is 6.93. The first-order valence-electron chi connectivity index (χ1n) is 3.47. The lowest BCUT2D eigenvalue weighted by Crippen LogP contribution is -2.12. The Balaban J connectivity index is 2.69. The molecule has 0 radical (unpaired) electrons. The summed E-state index contributed by atoms with van der Waals surface area (Å²) >= 11 is 0. The van der Waals surface area contributed by atoms with Crippen LogP contribution in [0.15, 0.2) is 12.3 Å². The van der Waals surface area contributed by atoms with Gasteiger partial charge in [0.05, 0.1) is 7.11 Å². The number of carboxylic acids is 1. The SMILES string of the molecule is COC(=O)Cn1ccc(C(=O)O)n1. The number of nitrogens with zero attached hydrogens (tertiary/aromatic N) is 2. The molecule has 6 nitrogen and oxygen atoms in total. The van der Waals surface area contributed by atoms with Crippen LogP contribution in [0.1, 0.15) is 10.5 Å². The summed E-state index contributed by atoms with van der Waals surface area (Å²) in [6, 6.07) is 1.31. The monoisotopic (exact) mass is 184 g/mol. The molecule has 1 aromatic heterocycles. The van der Waals surface area contributed by atoms with Crippen molar-refractivity contribution in [2.75, 3.05) is 7.11 Å². The summed E-state index contributed by atoms with van der Waals surface area (Å²) in [5.41, 5.74) is -0.0936. The second-order valence-corrected chi connectivity index (χ2v) is 2.28. The molecule has 0 saturated carbocycles. The lowest BCUT2D eigenvalue weighted by Gasteiger charge is -1.97. The number of carboxylic acid groups (broad SMARTS) is 1. The molecular weight excluding hydrogens is 176 g/mol. The quantitative estimate of drug-likeness (QED) is 0.655. The van der Waals surface area contributed by atoms with E-state index in [1.165, 1.54) is 24.1 Å². The van der Waals surface area contributed by atoms with Crippen LogP contribution in [0, 0.1) is 0 Å². The van der Waals surface area contributed by atoms with E-state index < -0.39 is 11.9 Å². The number of ether oxygens (including phenoxy) is 1. The molecule has 70 valence electrons. The summed E-state index contributed by atoms with van der Waals surface area (Å²) in [6.07, 6.45) is 1.40. The van der Waals surface area contributed by atoms with E-state index in [0.717, 1.165) is 0 Å². The van der Waals surface area contributed by atoms with E-state index in [1.807, 2.05) is 0 Å². The molecule has 0 aliphatic rings. The Bertz CT molecular complexity index is 331. The van der Waals surface area contributed by atoms with Crippen LogP contribution in [0.2, 0.25) is 0 Å². The molecule has 1 N–H and O–H groups in total. The van der Waals surface area contributed by atoms with Gasteiger partial charge < -0.3 is 9.84 Å². The van der Waals surface area contributed by atoms with Gasteiger partial charge in [0.2, 0.25) is 0 Å². The Morgan fingerprint density at radius 2 is 2.38 bits per heavy atom. The number of aromatic carboxylic acids is 1. The van der Waals surface area contributed by atoms with Gasteiger partial charge in [-0.3, -0.25) is 9.48 Å². The molecule has 0 saturated heterocycles. The molecular formula is C7H8N2O4. The topological polar surface area (TPSA) is 81.4 Å². The number of hydrogen-bond donors (Lipinski definition) is 1. The van der Waals surface area contributed by atoms with Crippen LogP contribution in [0.3, 0.4) is 0 Å². The average molecular weight is 184 g/mol. The normalized spacial score (nSPS) is 9.62. The molecule has 6 heteroatoms. The van der Waals surface area contributed by atoms with Gasteiger partial charge in [-0.05, 0) is 6.07 Å². The number of carbonyl (C=O) groups is 2. The van der Waals surface area contributed by atoms with Crippen LogP contribution in [-0.4, -0.2) is 33.9 Å². The minimum atomic E-state index is -1.12. The highest BCUT2D eigenvalue weighted by Crippen LogP contribution is 1.95. The van der Waals surface area contributed by atoms with Crippen molar-refractivity contribution in [3.8, 4) is 0 Å². The molecule has 0 unspecified atom stereocenters. The van der Waals surface area contributed by atoms with Gasteiger partial charge in [-0.1, -0.05) is 0 Å². The van der Waals surface area contributed by atoms with Gasteiger partial charge in [-0.25, -0.2) is 4.79 Å². The summed E-state index contributed by atoms with van der Waals surface area (Å²) in [6.45, 7) is -0.0796. The summed E-state index contributed by atoms with van der Waals surface area (Å²) in [5.74, 6) is -1.59. The molecule has 0 spiro atoms.